The lowest BCUT2D eigenvalue weighted by Crippen LogP contribution is -2.18. The molecular formula is C10H14ClN7. The predicted molar refractivity (Wildman–Crippen MR) is 69.0 cm³/mol. The van der Waals surface area contributed by atoms with Crippen LogP contribution in [0, 0.1) is 0 Å². The summed E-state index contributed by atoms with van der Waals surface area (Å²) in [5.74, 6) is 1.68. The second-order valence-electron chi connectivity index (χ2n) is 3.67. The van der Waals surface area contributed by atoms with Gasteiger partial charge in [0.15, 0.2) is 5.82 Å². The van der Waals surface area contributed by atoms with Crippen molar-refractivity contribution in [3.8, 4) is 5.95 Å². The highest BCUT2D eigenvalue weighted by Crippen LogP contribution is 2.15. The molecule has 0 radical (unpaired) electrons. The lowest BCUT2D eigenvalue weighted by Gasteiger charge is -2.09. The summed E-state index contributed by atoms with van der Waals surface area (Å²) in [6.45, 7) is 1.98. The molecular weight excluding hydrogens is 254 g/mol. The van der Waals surface area contributed by atoms with Crippen LogP contribution in [-0.2, 0) is 0 Å². The first-order valence-corrected chi connectivity index (χ1v) is 5.83. The second-order valence-corrected chi connectivity index (χ2v) is 4.10. The Morgan fingerprint density at radius 3 is 2.50 bits per heavy atom. The third-order valence-electron chi connectivity index (χ3n) is 2.47. The van der Waals surface area contributed by atoms with Crippen LogP contribution in [0.25, 0.3) is 5.95 Å². The minimum atomic E-state index is 0.0267. The fraction of sp³-hybridized carbons (Fsp3) is 0.400. The van der Waals surface area contributed by atoms with E-state index in [0.29, 0.717) is 16.9 Å². The third-order valence-corrected chi connectivity index (χ3v) is 2.67. The molecule has 0 spiro atoms. The van der Waals surface area contributed by atoms with Gasteiger partial charge in [-0.2, -0.15) is 9.67 Å². The lowest BCUT2D eigenvalue weighted by molar-refractivity contribution is 0.580. The SMILES string of the molecule is CNc1nc([C@H](C)NC)n(-c2ncc(Cl)cn2)n1. The molecule has 2 heterocycles. The van der Waals surface area contributed by atoms with E-state index in [0.717, 1.165) is 5.82 Å². The smallest absolute Gasteiger partial charge is 0.252 e. The van der Waals surface area contributed by atoms with Gasteiger partial charge in [0.1, 0.15) is 0 Å². The molecule has 18 heavy (non-hydrogen) atoms. The van der Waals surface area contributed by atoms with E-state index in [9.17, 15) is 0 Å². The van der Waals surface area contributed by atoms with Gasteiger partial charge in [0.05, 0.1) is 23.5 Å². The number of halogens is 1. The van der Waals surface area contributed by atoms with E-state index >= 15 is 0 Å². The van der Waals surface area contributed by atoms with Crippen molar-refractivity contribution in [2.75, 3.05) is 19.4 Å². The van der Waals surface area contributed by atoms with E-state index in [4.69, 9.17) is 11.6 Å². The molecule has 7 nitrogen and oxygen atoms in total. The van der Waals surface area contributed by atoms with Gasteiger partial charge in [-0.3, -0.25) is 0 Å². The molecule has 0 fully saturated rings. The average molecular weight is 268 g/mol. The summed E-state index contributed by atoms with van der Waals surface area (Å²) in [4.78, 5) is 12.6. The number of nitrogens with one attached hydrogen (secondary N) is 2. The number of rotatable bonds is 4. The third kappa shape index (κ3) is 2.41. The van der Waals surface area contributed by atoms with Crippen molar-refractivity contribution in [2.24, 2.45) is 0 Å². The van der Waals surface area contributed by atoms with Crippen molar-refractivity contribution in [2.45, 2.75) is 13.0 Å². The van der Waals surface area contributed by atoms with Crippen LogP contribution in [0.5, 0.6) is 0 Å². The summed E-state index contributed by atoms with van der Waals surface area (Å²) in [5, 5.41) is 10.8. The van der Waals surface area contributed by atoms with E-state index in [1.54, 1.807) is 11.7 Å². The topological polar surface area (TPSA) is 80.5 Å². The largest absolute Gasteiger partial charge is 0.356 e. The highest BCUT2D eigenvalue weighted by molar-refractivity contribution is 6.30. The number of anilines is 1. The monoisotopic (exact) mass is 267 g/mol. The van der Waals surface area contributed by atoms with E-state index < -0.39 is 0 Å². The molecule has 0 bridgehead atoms. The van der Waals surface area contributed by atoms with E-state index in [2.05, 4.69) is 30.7 Å². The van der Waals surface area contributed by atoms with Gasteiger partial charge in [0.2, 0.25) is 5.95 Å². The Balaban J connectivity index is 2.48. The van der Waals surface area contributed by atoms with Crippen molar-refractivity contribution >= 4 is 17.5 Å². The predicted octanol–water partition coefficient (Wildman–Crippen LogP) is 1.03. The fourth-order valence-electron chi connectivity index (χ4n) is 1.40. The van der Waals surface area contributed by atoms with Gasteiger partial charge < -0.3 is 10.6 Å². The highest BCUT2D eigenvalue weighted by Gasteiger charge is 2.17. The van der Waals surface area contributed by atoms with Crippen molar-refractivity contribution in [1.29, 1.82) is 0 Å². The van der Waals surface area contributed by atoms with Crippen LogP contribution >= 0.6 is 11.6 Å². The zero-order valence-corrected chi connectivity index (χ0v) is 11.1. The van der Waals surface area contributed by atoms with Crippen LogP contribution in [-0.4, -0.2) is 38.8 Å². The number of aromatic nitrogens is 5. The normalized spacial score (nSPS) is 12.4. The van der Waals surface area contributed by atoms with Gasteiger partial charge >= 0.3 is 0 Å². The first kappa shape index (κ1) is 12.7. The Morgan fingerprint density at radius 2 is 1.94 bits per heavy atom. The van der Waals surface area contributed by atoms with Crippen molar-refractivity contribution in [3.63, 3.8) is 0 Å². The van der Waals surface area contributed by atoms with Crippen molar-refractivity contribution in [3.05, 3.63) is 23.2 Å². The summed E-state index contributed by atoms with van der Waals surface area (Å²) < 4.78 is 1.59. The van der Waals surface area contributed by atoms with Gasteiger partial charge in [-0.05, 0) is 14.0 Å². The average Bonchev–Trinajstić information content (AvgIpc) is 2.83. The second kappa shape index (κ2) is 5.28. The quantitative estimate of drug-likeness (QED) is 0.861. The molecule has 0 amide bonds. The van der Waals surface area contributed by atoms with Crippen molar-refractivity contribution in [1.82, 2.24) is 30.0 Å². The zero-order valence-electron chi connectivity index (χ0n) is 10.3. The van der Waals surface area contributed by atoms with E-state index in [1.807, 2.05) is 14.0 Å². The van der Waals surface area contributed by atoms with Gasteiger partial charge in [-0.1, -0.05) is 11.6 Å². The van der Waals surface area contributed by atoms with E-state index in [1.165, 1.54) is 12.4 Å². The molecule has 0 aliphatic carbocycles. The Labute approximate surface area is 110 Å². The summed E-state index contributed by atoms with van der Waals surface area (Å²) in [6, 6.07) is 0.0267. The van der Waals surface area contributed by atoms with Crippen LogP contribution in [0.4, 0.5) is 5.95 Å². The summed E-state index contributed by atoms with van der Waals surface area (Å²) in [5.41, 5.74) is 0. The molecule has 2 rings (SSSR count). The molecule has 1 atom stereocenters. The Bertz CT molecular complexity index is 522. The van der Waals surface area contributed by atoms with E-state index in [-0.39, 0.29) is 6.04 Å². The first-order valence-electron chi connectivity index (χ1n) is 5.45. The molecule has 0 unspecified atom stereocenters. The maximum Gasteiger partial charge on any atom is 0.252 e. The summed E-state index contributed by atoms with van der Waals surface area (Å²) in [7, 11) is 3.61. The van der Waals surface area contributed by atoms with Crippen LogP contribution < -0.4 is 10.6 Å². The number of hydrogen-bond acceptors (Lipinski definition) is 6. The zero-order chi connectivity index (χ0) is 13.1. The van der Waals surface area contributed by atoms with Crippen LogP contribution in [0.2, 0.25) is 5.02 Å². The Morgan fingerprint density at radius 1 is 1.28 bits per heavy atom. The van der Waals surface area contributed by atoms with Gasteiger partial charge in [0, 0.05) is 7.05 Å². The number of nitrogens with zero attached hydrogens (tertiary/aromatic N) is 5. The molecule has 96 valence electrons. The fourth-order valence-corrected chi connectivity index (χ4v) is 1.50. The maximum atomic E-state index is 5.77. The molecule has 0 aromatic carbocycles. The Kier molecular flexibility index (Phi) is 3.73. The van der Waals surface area contributed by atoms with Crippen molar-refractivity contribution < 1.29 is 0 Å². The van der Waals surface area contributed by atoms with Crippen LogP contribution in [0.1, 0.15) is 18.8 Å². The maximum absolute atomic E-state index is 5.77. The standard InChI is InChI=1S/C10H14ClN7/c1-6(12-2)8-16-9(13-3)17-18(8)10-14-4-7(11)5-15-10/h4-6,12H,1-3H3,(H,13,17)/t6-/m0/s1. The molecule has 0 saturated heterocycles. The minimum Gasteiger partial charge on any atom is -0.356 e. The molecule has 2 N–H and O–H groups in total. The minimum absolute atomic E-state index is 0.0267. The van der Waals surface area contributed by atoms with Gasteiger partial charge in [0.25, 0.3) is 5.95 Å². The lowest BCUT2D eigenvalue weighted by atomic mass is 10.3. The summed E-state index contributed by atoms with van der Waals surface area (Å²) >= 11 is 5.77. The highest BCUT2D eigenvalue weighted by atomic mass is 35.5. The van der Waals surface area contributed by atoms with Gasteiger partial charge in [-0.15, -0.1) is 5.10 Å². The molecule has 0 aliphatic heterocycles. The first-order chi connectivity index (χ1) is 8.65. The number of hydrogen-bond donors (Lipinski definition) is 2. The van der Waals surface area contributed by atoms with Crippen LogP contribution in [0.3, 0.4) is 0 Å². The van der Waals surface area contributed by atoms with Crippen LogP contribution in [0.15, 0.2) is 12.4 Å². The molecule has 2 aromatic heterocycles. The molecule has 2 aromatic rings. The Hall–Kier alpha value is -1.73. The molecule has 8 heteroatoms. The molecule has 0 saturated carbocycles. The molecule has 0 aliphatic rings. The summed E-state index contributed by atoms with van der Waals surface area (Å²) in [6.07, 6.45) is 3.05. The van der Waals surface area contributed by atoms with Gasteiger partial charge in [-0.25, -0.2) is 9.97 Å².